The number of amides is 2. The van der Waals surface area contributed by atoms with Crippen LogP contribution in [-0.2, 0) is 19.1 Å². The number of benzene rings is 2. The van der Waals surface area contributed by atoms with Crippen LogP contribution in [0, 0.1) is 17.2 Å². The van der Waals surface area contributed by atoms with E-state index in [1.54, 1.807) is 55.5 Å². The van der Waals surface area contributed by atoms with Gasteiger partial charge in [0.2, 0.25) is 11.8 Å². The van der Waals surface area contributed by atoms with E-state index in [0.29, 0.717) is 22.7 Å². The number of carbonyl (C=O) groups is 3. The number of nitrogens with one attached hydrogen (secondary N) is 2. The summed E-state index contributed by atoms with van der Waals surface area (Å²) in [5.41, 5.74) is 1.19. The zero-order valence-corrected chi connectivity index (χ0v) is 20.3. The number of hydrogen-bond acceptors (Lipinski definition) is 8. The molecule has 182 valence electrons. The van der Waals surface area contributed by atoms with Gasteiger partial charge in [0.15, 0.2) is 0 Å². The maximum atomic E-state index is 13.0. The molecule has 0 saturated heterocycles. The first-order chi connectivity index (χ1) is 16.9. The number of hydrogen-bond donors (Lipinski definition) is 2. The molecule has 2 atom stereocenters. The number of rotatable bonds is 9. The van der Waals surface area contributed by atoms with Crippen molar-refractivity contribution in [1.82, 2.24) is 5.32 Å². The molecule has 2 amide bonds. The van der Waals surface area contributed by atoms with Crippen molar-refractivity contribution in [3.8, 4) is 17.6 Å². The van der Waals surface area contributed by atoms with Gasteiger partial charge in [0.05, 0.1) is 43.3 Å². The fourth-order valence-electron chi connectivity index (χ4n) is 3.72. The van der Waals surface area contributed by atoms with Gasteiger partial charge in [-0.15, -0.1) is 0 Å². The first kappa shape index (κ1) is 25.6. The molecule has 0 bridgehead atoms. The van der Waals surface area contributed by atoms with Crippen molar-refractivity contribution in [3.63, 3.8) is 0 Å². The van der Waals surface area contributed by atoms with Crippen LogP contribution in [0.3, 0.4) is 0 Å². The first-order valence-electron chi connectivity index (χ1n) is 10.7. The molecule has 0 unspecified atom stereocenters. The Morgan fingerprint density at radius 1 is 1.14 bits per heavy atom. The average Bonchev–Trinajstić information content (AvgIpc) is 2.87. The number of nitrogens with zero attached hydrogens (tertiary/aromatic N) is 1. The zero-order valence-electron chi connectivity index (χ0n) is 19.5. The van der Waals surface area contributed by atoms with Crippen LogP contribution in [-0.4, -0.2) is 44.4 Å². The van der Waals surface area contributed by atoms with Crippen molar-refractivity contribution >= 4 is 35.2 Å². The van der Waals surface area contributed by atoms with Gasteiger partial charge in [-0.1, -0.05) is 36.0 Å². The summed E-state index contributed by atoms with van der Waals surface area (Å²) in [6, 6.07) is 15.9. The lowest BCUT2D eigenvalue weighted by Gasteiger charge is -2.31. The van der Waals surface area contributed by atoms with Crippen molar-refractivity contribution in [2.45, 2.75) is 12.8 Å². The number of carbonyl (C=O) groups excluding carboxylic acids is 3. The topological polar surface area (TPSA) is 127 Å². The van der Waals surface area contributed by atoms with Gasteiger partial charge in [-0.25, -0.2) is 0 Å². The molecule has 2 aromatic rings. The SMILES string of the molecule is CCOC(=O)[C@H]1C(=O)NC(SCC(=O)Nc2cccc(OC)c2)=C(C#N)[C@H]1c1ccccc1OC. The van der Waals surface area contributed by atoms with E-state index < -0.39 is 23.7 Å². The molecule has 0 radical (unpaired) electrons. The van der Waals surface area contributed by atoms with Crippen LogP contribution in [0.1, 0.15) is 18.4 Å². The standard InChI is InChI=1S/C25H25N3O6S/c1-4-34-25(31)22-21(17-10-5-6-11-19(17)33-3)18(13-26)24(28-23(22)30)35-14-20(29)27-15-8-7-9-16(12-15)32-2/h5-12,21-22H,4,14H2,1-3H3,(H,27,29)(H,28,30)/t21-,22-/m1/s1. The van der Waals surface area contributed by atoms with Crippen molar-refractivity contribution in [2.75, 3.05) is 31.9 Å². The van der Waals surface area contributed by atoms with Crippen LogP contribution in [0.2, 0.25) is 0 Å². The van der Waals surface area contributed by atoms with Crippen LogP contribution in [0.4, 0.5) is 5.69 Å². The predicted octanol–water partition coefficient (Wildman–Crippen LogP) is 3.20. The Balaban J connectivity index is 1.92. The third-order valence-corrected chi connectivity index (χ3v) is 6.26. The zero-order chi connectivity index (χ0) is 25.4. The van der Waals surface area contributed by atoms with E-state index in [1.807, 2.05) is 0 Å². The molecule has 0 aliphatic carbocycles. The van der Waals surface area contributed by atoms with Gasteiger partial charge in [0.1, 0.15) is 17.4 Å². The van der Waals surface area contributed by atoms with Crippen molar-refractivity contribution in [1.29, 1.82) is 5.26 Å². The second kappa shape index (κ2) is 11.9. The fraction of sp³-hybridized carbons (Fsp3) is 0.280. The number of allylic oxidation sites excluding steroid dienone is 1. The van der Waals surface area contributed by atoms with Gasteiger partial charge in [-0.2, -0.15) is 5.26 Å². The van der Waals surface area contributed by atoms with Gasteiger partial charge >= 0.3 is 5.97 Å². The molecule has 3 rings (SSSR count). The fourth-order valence-corrected chi connectivity index (χ4v) is 4.57. The number of nitriles is 1. The summed E-state index contributed by atoms with van der Waals surface area (Å²) in [6.45, 7) is 1.72. The Hall–Kier alpha value is -3.97. The van der Waals surface area contributed by atoms with E-state index in [0.717, 1.165) is 11.8 Å². The number of methoxy groups -OCH3 is 2. The third-order valence-electron chi connectivity index (χ3n) is 5.24. The van der Waals surface area contributed by atoms with Crippen LogP contribution >= 0.6 is 11.8 Å². The second-order valence-electron chi connectivity index (χ2n) is 7.36. The van der Waals surface area contributed by atoms with Crippen LogP contribution in [0.5, 0.6) is 11.5 Å². The molecule has 0 saturated carbocycles. The van der Waals surface area contributed by atoms with Crippen LogP contribution in [0.15, 0.2) is 59.1 Å². The summed E-state index contributed by atoms with van der Waals surface area (Å²) in [4.78, 5) is 38.3. The number of esters is 1. The van der Waals surface area contributed by atoms with E-state index in [9.17, 15) is 19.6 Å². The Kier molecular flexibility index (Phi) is 8.75. The summed E-state index contributed by atoms with van der Waals surface area (Å²) < 4.78 is 15.7. The molecule has 1 aliphatic heterocycles. The van der Waals surface area contributed by atoms with E-state index in [1.165, 1.54) is 14.2 Å². The predicted molar refractivity (Wildman–Crippen MR) is 131 cm³/mol. The normalized spacial score (nSPS) is 17.1. The van der Waals surface area contributed by atoms with Gasteiger partial charge in [0, 0.05) is 23.2 Å². The third kappa shape index (κ3) is 5.94. The molecule has 9 nitrogen and oxygen atoms in total. The Bertz CT molecular complexity index is 1190. The second-order valence-corrected chi connectivity index (χ2v) is 8.35. The molecule has 0 fully saturated rings. The van der Waals surface area contributed by atoms with Crippen molar-refractivity contribution in [3.05, 3.63) is 64.7 Å². The maximum absolute atomic E-state index is 13.0. The lowest BCUT2D eigenvalue weighted by Crippen LogP contribution is -2.44. The minimum Gasteiger partial charge on any atom is -0.497 e. The molecule has 0 spiro atoms. The molecule has 2 N–H and O–H groups in total. The van der Waals surface area contributed by atoms with E-state index in [2.05, 4.69) is 16.7 Å². The highest BCUT2D eigenvalue weighted by molar-refractivity contribution is 8.03. The minimum absolute atomic E-state index is 0.0823. The summed E-state index contributed by atoms with van der Waals surface area (Å²) >= 11 is 0.999. The summed E-state index contributed by atoms with van der Waals surface area (Å²) in [6.07, 6.45) is 0. The summed E-state index contributed by atoms with van der Waals surface area (Å²) in [5, 5.41) is 15.6. The number of thioether (sulfide) groups is 1. The lowest BCUT2D eigenvalue weighted by molar-refractivity contribution is -0.152. The Morgan fingerprint density at radius 3 is 2.60 bits per heavy atom. The van der Waals surface area contributed by atoms with Crippen molar-refractivity contribution < 1.29 is 28.6 Å². The van der Waals surface area contributed by atoms with E-state index in [-0.39, 0.29) is 28.9 Å². The molecule has 2 aromatic carbocycles. The molecular weight excluding hydrogens is 470 g/mol. The largest absolute Gasteiger partial charge is 0.497 e. The molecule has 10 heteroatoms. The molecule has 0 aromatic heterocycles. The molecular formula is C25H25N3O6S. The highest BCUT2D eigenvalue weighted by Crippen LogP contribution is 2.43. The Morgan fingerprint density at radius 2 is 1.91 bits per heavy atom. The smallest absolute Gasteiger partial charge is 0.319 e. The Labute approximate surface area is 207 Å². The highest BCUT2D eigenvalue weighted by Gasteiger charge is 2.45. The maximum Gasteiger partial charge on any atom is 0.319 e. The monoisotopic (exact) mass is 495 g/mol. The first-order valence-corrected chi connectivity index (χ1v) is 11.7. The number of anilines is 1. The van der Waals surface area contributed by atoms with Crippen molar-refractivity contribution in [2.24, 2.45) is 5.92 Å². The van der Waals surface area contributed by atoms with Gasteiger partial charge < -0.3 is 24.8 Å². The van der Waals surface area contributed by atoms with Gasteiger partial charge in [-0.3, -0.25) is 14.4 Å². The lowest BCUT2D eigenvalue weighted by atomic mass is 9.78. The molecule has 35 heavy (non-hydrogen) atoms. The average molecular weight is 496 g/mol. The van der Waals surface area contributed by atoms with Gasteiger partial charge in [-0.05, 0) is 25.1 Å². The number of ether oxygens (including phenoxy) is 3. The van der Waals surface area contributed by atoms with E-state index >= 15 is 0 Å². The number of para-hydroxylation sites is 1. The molecule has 1 heterocycles. The highest BCUT2D eigenvalue weighted by atomic mass is 32.2. The molecule has 1 aliphatic rings. The van der Waals surface area contributed by atoms with Crippen LogP contribution < -0.4 is 20.1 Å². The van der Waals surface area contributed by atoms with Crippen LogP contribution in [0.25, 0.3) is 0 Å². The van der Waals surface area contributed by atoms with Gasteiger partial charge in [0.25, 0.3) is 0 Å². The quantitative estimate of drug-likeness (QED) is 0.401. The summed E-state index contributed by atoms with van der Waals surface area (Å²) in [5.74, 6) is -2.99. The summed E-state index contributed by atoms with van der Waals surface area (Å²) in [7, 11) is 3.00. The van der Waals surface area contributed by atoms with E-state index in [4.69, 9.17) is 14.2 Å². The minimum atomic E-state index is -1.28.